The van der Waals surface area contributed by atoms with E-state index in [4.69, 9.17) is 15.0 Å². The fraction of sp³-hybridized carbons (Fsp3) is 0.0256. The van der Waals surface area contributed by atoms with E-state index in [1.54, 1.807) is 17.7 Å². The number of rotatable bonds is 4. The van der Waals surface area contributed by atoms with Gasteiger partial charge in [-0.3, -0.25) is 0 Å². The number of aromatic nitrogens is 4. The number of hydrogen-bond acceptors (Lipinski definition) is 5. The first-order chi connectivity index (χ1) is 21.8. The van der Waals surface area contributed by atoms with Crippen LogP contribution >= 0.6 is 11.3 Å². The molecule has 0 bridgehead atoms. The van der Waals surface area contributed by atoms with Gasteiger partial charge in [-0.25, -0.2) is 19.9 Å². The van der Waals surface area contributed by atoms with Crippen LogP contribution in [-0.4, -0.2) is 19.9 Å². The van der Waals surface area contributed by atoms with E-state index in [0.717, 1.165) is 67.4 Å². The molecule has 44 heavy (non-hydrogen) atoms. The van der Waals surface area contributed by atoms with Crippen molar-refractivity contribution in [1.82, 2.24) is 19.9 Å². The predicted octanol–water partition coefficient (Wildman–Crippen LogP) is 9.87. The molecule has 0 fully saturated rings. The Balaban J connectivity index is 1.08. The van der Waals surface area contributed by atoms with Crippen molar-refractivity contribution in [2.45, 2.75) is 6.42 Å². The summed E-state index contributed by atoms with van der Waals surface area (Å²) in [5, 5.41) is 1.17. The Hall–Kier alpha value is -5.52. The second-order valence-electron chi connectivity index (χ2n) is 11.1. The minimum Gasteiger partial charge on any atom is -0.236 e. The number of hydrogen-bond donors (Lipinski definition) is 0. The van der Waals surface area contributed by atoms with E-state index in [9.17, 15) is 0 Å². The molecule has 9 rings (SSSR count). The fourth-order valence-corrected chi connectivity index (χ4v) is 7.45. The molecule has 0 atom stereocenters. The Morgan fingerprint density at radius 2 is 1.14 bits per heavy atom. The predicted molar refractivity (Wildman–Crippen MR) is 180 cm³/mol. The van der Waals surface area contributed by atoms with Crippen molar-refractivity contribution in [3.05, 3.63) is 145 Å². The van der Waals surface area contributed by atoms with Gasteiger partial charge in [-0.1, -0.05) is 121 Å². The molecule has 0 spiro atoms. The molecular weight excluding hydrogens is 557 g/mol. The number of fused-ring (bicyclic) bond motifs is 6. The maximum absolute atomic E-state index is 5.11. The molecule has 0 radical (unpaired) electrons. The first-order valence-electron chi connectivity index (χ1n) is 14.7. The highest BCUT2D eigenvalue weighted by Crippen LogP contribution is 2.41. The molecule has 5 aromatic carbocycles. The third kappa shape index (κ3) is 4.05. The minimum atomic E-state index is 0.746. The topological polar surface area (TPSA) is 51.6 Å². The SMILES string of the molecule is c1ccc(-c2nc(-c3ccc(-c4ccc(-c5ncnc6c5Cc5ccccc5-6)cc4)cc3)c3sc4ccccc4c3n2)cc1. The molecule has 0 unspecified atom stereocenters. The van der Waals surface area contributed by atoms with E-state index in [-0.39, 0.29) is 0 Å². The third-order valence-electron chi connectivity index (χ3n) is 8.49. The zero-order valence-electron chi connectivity index (χ0n) is 23.6. The quantitative estimate of drug-likeness (QED) is 0.208. The van der Waals surface area contributed by atoms with Crippen LogP contribution in [-0.2, 0) is 6.42 Å². The Morgan fingerprint density at radius 1 is 0.500 bits per heavy atom. The Kier molecular flexibility index (Phi) is 5.71. The summed E-state index contributed by atoms with van der Waals surface area (Å²) in [5.74, 6) is 0.746. The lowest BCUT2D eigenvalue weighted by Crippen LogP contribution is -1.94. The largest absolute Gasteiger partial charge is 0.236 e. The highest BCUT2D eigenvalue weighted by Gasteiger charge is 2.23. The lowest BCUT2D eigenvalue weighted by molar-refractivity contribution is 1.13. The molecule has 0 saturated carbocycles. The maximum atomic E-state index is 5.11. The first kappa shape index (κ1) is 25.0. The molecule has 3 aromatic heterocycles. The van der Waals surface area contributed by atoms with Crippen LogP contribution in [0.5, 0.6) is 0 Å². The summed E-state index contributed by atoms with van der Waals surface area (Å²) < 4.78 is 2.33. The summed E-state index contributed by atoms with van der Waals surface area (Å²) in [6.45, 7) is 0. The highest BCUT2D eigenvalue weighted by atomic mass is 32.1. The molecule has 8 aromatic rings. The minimum absolute atomic E-state index is 0.746. The molecule has 0 aliphatic heterocycles. The Bertz CT molecular complexity index is 2340. The van der Waals surface area contributed by atoms with Crippen molar-refractivity contribution >= 4 is 31.6 Å². The molecule has 0 saturated heterocycles. The molecular formula is C39H24N4S. The van der Waals surface area contributed by atoms with Crippen molar-refractivity contribution < 1.29 is 0 Å². The van der Waals surface area contributed by atoms with Gasteiger partial charge in [-0.05, 0) is 22.8 Å². The maximum Gasteiger partial charge on any atom is 0.160 e. The molecule has 1 aliphatic rings. The average molecular weight is 581 g/mol. The fourth-order valence-electron chi connectivity index (χ4n) is 6.30. The van der Waals surface area contributed by atoms with Crippen LogP contribution in [0.25, 0.3) is 76.6 Å². The van der Waals surface area contributed by atoms with Crippen molar-refractivity contribution in [3.63, 3.8) is 0 Å². The summed E-state index contributed by atoms with van der Waals surface area (Å²) in [6.07, 6.45) is 2.56. The summed E-state index contributed by atoms with van der Waals surface area (Å²) in [6, 6.07) is 44.7. The van der Waals surface area contributed by atoms with Crippen LogP contribution in [0.1, 0.15) is 11.1 Å². The zero-order chi connectivity index (χ0) is 29.0. The van der Waals surface area contributed by atoms with Gasteiger partial charge in [0.25, 0.3) is 0 Å². The summed E-state index contributed by atoms with van der Waals surface area (Å²) in [4.78, 5) is 19.5. The van der Waals surface area contributed by atoms with Crippen molar-refractivity contribution in [2.24, 2.45) is 0 Å². The van der Waals surface area contributed by atoms with Crippen LogP contribution in [0.15, 0.2) is 134 Å². The van der Waals surface area contributed by atoms with E-state index in [2.05, 4.69) is 114 Å². The number of thiophene rings is 1. The van der Waals surface area contributed by atoms with E-state index in [0.29, 0.717) is 0 Å². The summed E-state index contributed by atoms with van der Waals surface area (Å²) in [7, 11) is 0. The van der Waals surface area contributed by atoms with Gasteiger partial charge in [0.1, 0.15) is 6.33 Å². The van der Waals surface area contributed by atoms with Gasteiger partial charge in [0.15, 0.2) is 5.82 Å². The molecule has 5 heteroatoms. The molecule has 4 nitrogen and oxygen atoms in total. The van der Waals surface area contributed by atoms with Gasteiger partial charge in [-0.2, -0.15) is 0 Å². The smallest absolute Gasteiger partial charge is 0.160 e. The van der Waals surface area contributed by atoms with Gasteiger partial charge in [0, 0.05) is 44.3 Å². The number of nitrogens with zero attached hydrogens (tertiary/aromatic N) is 4. The highest BCUT2D eigenvalue weighted by molar-refractivity contribution is 7.26. The third-order valence-corrected chi connectivity index (χ3v) is 9.65. The summed E-state index contributed by atoms with van der Waals surface area (Å²) >= 11 is 1.76. The monoisotopic (exact) mass is 580 g/mol. The second kappa shape index (κ2) is 10.0. The van der Waals surface area contributed by atoms with Crippen LogP contribution in [0.4, 0.5) is 0 Å². The van der Waals surface area contributed by atoms with Crippen LogP contribution in [0.3, 0.4) is 0 Å². The van der Waals surface area contributed by atoms with E-state index >= 15 is 0 Å². The molecule has 3 heterocycles. The Labute approximate surface area is 258 Å². The van der Waals surface area contributed by atoms with E-state index in [1.165, 1.54) is 26.8 Å². The lowest BCUT2D eigenvalue weighted by atomic mass is 9.99. The molecule has 0 N–H and O–H groups in total. The average Bonchev–Trinajstić information content (AvgIpc) is 3.67. The molecule has 206 valence electrons. The van der Waals surface area contributed by atoms with Crippen molar-refractivity contribution in [3.8, 4) is 56.3 Å². The Morgan fingerprint density at radius 3 is 1.93 bits per heavy atom. The first-order valence-corrected chi connectivity index (χ1v) is 15.5. The molecule has 1 aliphatic carbocycles. The van der Waals surface area contributed by atoms with Gasteiger partial charge in [-0.15, -0.1) is 11.3 Å². The number of benzene rings is 5. The second-order valence-corrected chi connectivity index (χ2v) is 12.1. The van der Waals surface area contributed by atoms with E-state index < -0.39 is 0 Å². The normalized spacial score (nSPS) is 12.0. The van der Waals surface area contributed by atoms with Crippen molar-refractivity contribution in [2.75, 3.05) is 0 Å². The van der Waals surface area contributed by atoms with Gasteiger partial charge >= 0.3 is 0 Å². The van der Waals surface area contributed by atoms with Crippen LogP contribution in [0.2, 0.25) is 0 Å². The summed E-state index contributed by atoms with van der Waals surface area (Å²) in [5.41, 5.74) is 13.3. The van der Waals surface area contributed by atoms with Gasteiger partial charge in [0.05, 0.1) is 27.3 Å². The van der Waals surface area contributed by atoms with Crippen molar-refractivity contribution in [1.29, 1.82) is 0 Å². The lowest BCUT2D eigenvalue weighted by Gasteiger charge is -2.10. The van der Waals surface area contributed by atoms with Gasteiger partial charge < -0.3 is 0 Å². The standard InChI is InChI=1S/C39H24N4S/c1-2-8-28(9-3-1)39-42-35(38-37(43-39)31-12-6-7-13-33(31)44-38)27-20-16-25(17-21-27)24-14-18-26(19-15-24)34-32-22-29-10-4-5-11-30(29)36(32)41-23-40-34/h1-21,23H,22H2. The van der Waals surface area contributed by atoms with Gasteiger partial charge in [0.2, 0.25) is 0 Å². The van der Waals surface area contributed by atoms with E-state index in [1.807, 2.05) is 18.2 Å². The van der Waals surface area contributed by atoms with Crippen LogP contribution in [0, 0.1) is 0 Å². The zero-order valence-corrected chi connectivity index (χ0v) is 24.4. The van der Waals surface area contributed by atoms with Crippen LogP contribution < -0.4 is 0 Å². The molecule has 0 amide bonds.